The summed E-state index contributed by atoms with van der Waals surface area (Å²) in [5.74, 6) is 0.610. The summed E-state index contributed by atoms with van der Waals surface area (Å²) in [7, 11) is 2.28. The van der Waals surface area contributed by atoms with Crippen LogP contribution >= 0.6 is 0 Å². The van der Waals surface area contributed by atoms with Crippen molar-refractivity contribution < 1.29 is 22.7 Å². The quantitative estimate of drug-likeness (QED) is 0.795. The van der Waals surface area contributed by atoms with Gasteiger partial charge in [-0.25, -0.2) is 8.42 Å². The van der Waals surface area contributed by atoms with E-state index < -0.39 is 10.0 Å². The minimum absolute atomic E-state index is 0.111. The molecule has 8 heteroatoms. The van der Waals surface area contributed by atoms with Crippen LogP contribution in [0.2, 0.25) is 0 Å². The van der Waals surface area contributed by atoms with E-state index in [0.29, 0.717) is 17.1 Å². The SMILES string of the molecule is CNC(=O)c1ccc(CN(C)S(=O)(=O)c2ccc(OC)c(OC)c2)cc1. The third kappa shape index (κ3) is 4.14. The Kier molecular flexibility index (Phi) is 6.23. The number of ether oxygens (including phenoxy) is 2. The summed E-state index contributed by atoms with van der Waals surface area (Å²) < 4.78 is 37.1. The van der Waals surface area contributed by atoms with Gasteiger partial charge in [0.05, 0.1) is 19.1 Å². The van der Waals surface area contributed by atoms with Crippen LogP contribution in [0.4, 0.5) is 0 Å². The molecule has 0 aliphatic rings. The number of nitrogens with zero attached hydrogens (tertiary/aromatic N) is 1. The molecule has 0 fully saturated rings. The number of carbonyl (C=O) groups is 1. The van der Waals surface area contributed by atoms with Crippen molar-refractivity contribution in [2.75, 3.05) is 28.3 Å². The Morgan fingerprint density at radius 1 is 1.04 bits per heavy atom. The predicted molar refractivity (Wildman–Crippen MR) is 98.0 cm³/mol. The van der Waals surface area contributed by atoms with E-state index in [9.17, 15) is 13.2 Å². The fourth-order valence-electron chi connectivity index (χ4n) is 2.40. The van der Waals surface area contributed by atoms with Gasteiger partial charge in [0, 0.05) is 32.3 Å². The first kappa shape index (κ1) is 19.7. The van der Waals surface area contributed by atoms with E-state index in [2.05, 4.69) is 5.32 Å². The molecule has 1 amide bonds. The summed E-state index contributed by atoms with van der Waals surface area (Å²) in [6, 6.07) is 11.2. The first-order chi connectivity index (χ1) is 12.3. The average Bonchev–Trinajstić information content (AvgIpc) is 2.67. The van der Waals surface area contributed by atoms with Crippen molar-refractivity contribution >= 4 is 15.9 Å². The van der Waals surface area contributed by atoms with Crippen LogP contribution in [-0.2, 0) is 16.6 Å². The molecule has 0 saturated carbocycles. The average molecular weight is 378 g/mol. The highest BCUT2D eigenvalue weighted by Gasteiger charge is 2.22. The Balaban J connectivity index is 2.22. The standard InChI is InChI=1S/C18H22N2O5S/c1-19-18(21)14-7-5-13(6-8-14)12-20(2)26(22,23)15-9-10-16(24-3)17(11-15)25-4/h5-11H,12H2,1-4H3,(H,19,21). The van der Waals surface area contributed by atoms with Crippen molar-refractivity contribution in [2.45, 2.75) is 11.4 Å². The molecular formula is C18H22N2O5S. The second kappa shape index (κ2) is 8.20. The molecule has 26 heavy (non-hydrogen) atoms. The van der Waals surface area contributed by atoms with Crippen molar-refractivity contribution in [3.05, 3.63) is 53.6 Å². The number of nitrogens with one attached hydrogen (secondary N) is 1. The third-order valence-electron chi connectivity index (χ3n) is 3.91. The summed E-state index contributed by atoms with van der Waals surface area (Å²) in [5, 5.41) is 2.54. The zero-order valence-electron chi connectivity index (χ0n) is 15.1. The van der Waals surface area contributed by atoms with Gasteiger partial charge in [0.1, 0.15) is 0 Å². The largest absolute Gasteiger partial charge is 0.493 e. The Bertz CT molecular complexity index is 879. The summed E-state index contributed by atoms with van der Waals surface area (Å²) in [4.78, 5) is 11.7. The minimum atomic E-state index is -3.71. The molecule has 0 aliphatic heterocycles. The van der Waals surface area contributed by atoms with Crippen LogP contribution in [0.3, 0.4) is 0 Å². The van der Waals surface area contributed by atoms with Crippen molar-refractivity contribution in [1.82, 2.24) is 9.62 Å². The van der Waals surface area contributed by atoms with Crippen LogP contribution in [-0.4, -0.2) is 46.9 Å². The summed E-state index contributed by atoms with van der Waals surface area (Å²) in [5.41, 5.74) is 1.28. The number of sulfonamides is 1. The van der Waals surface area contributed by atoms with Crippen LogP contribution in [0.25, 0.3) is 0 Å². The lowest BCUT2D eigenvalue weighted by Gasteiger charge is -2.18. The monoisotopic (exact) mass is 378 g/mol. The molecule has 0 aliphatic carbocycles. The van der Waals surface area contributed by atoms with Gasteiger partial charge in [-0.3, -0.25) is 4.79 Å². The molecule has 2 aromatic carbocycles. The Morgan fingerprint density at radius 3 is 2.19 bits per heavy atom. The summed E-state index contributed by atoms with van der Waals surface area (Å²) in [6.07, 6.45) is 0. The number of methoxy groups -OCH3 is 2. The van der Waals surface area contributed by atoms with Crippen LogP contribution < -0.4 is 14.8 Å². The maximum absolute atomic E-state index is 12.8. The molecule has 2 aromatic rings. The van der Waals surface area contributed by atoms with Gasteiger partial charge in [0.2, 0.25) is 10.0 Å². The highest BCUT2D eigenvalue weighted by atomic mass is 32.2. The zero-order valence-corrected chi connectivity index (χ0v) is 16.0. The van der Waals surface area contributed by atoms with Gasteiger partial charge < -0.3 is 14.8 Å². The molecule has 0 heterocycles. The van der Waals surface area contributed by atoms with Crippen molar-refractivity contribution in [3.63, 3.8) is 0 Å². The first-order valence-electron chi connectivity index (χ1n) is 7.83. The summed E-state index contributed by atoms with van der Waals surface area (Å²) in [6.45, 7) is 0.171. The van der Waals surface area contributed by atoms with Gasteiger partial charge in [-0.05, 0) is 29.8 Å². The number of amides is 1. The van der Waals surface area contributed by atoms with E-state index in [-0.39, 0.29) is 17.3 Å². The van der Waals surface area contributed by atoms with E-state index in [0.717, 1.165) is 5.56 Å². The van der Waals surface area contributed by atoms with Gasteiger partial charge in [-0.1, -0.05) is 12.1 Å². The summed E-state index contributed by atoms with van der Waals surface area (Å²) >= 11 is 0. The topological polar surface area (TPSA) is 84.9 Å². The molecule has 0 spiro atoms. The molecule has 0 radical (unpaired) electrons. The van der Waals surface area contributed by atoms with Crippen LogP contribution in [0.5, 0.6) is 11.5 Å². The molecule has 7 nitrogen and oxygen atoms in total. The molecule has 0 aromatic heterocycles. The van der Waals surface area contributed by atoms with E-state index in [1.807, 2.05) is 0 Å². The lowest BCUT2D eigenvalue weighted by atomic mass is 10.1. The van der Waals surface area contributed by atoms with Gasteiger partial charge in [-0.15, -0.1) is 0 Å². The smallest absolute Gasteiger partial charge is 0.251 e. The molecule has 140 valence electrons. The van der Waals surface area contributed by atoms with E-state index >= 15 is 0 Å². The molecular weight excluding hydrogens is 356 g/mol. The van der Waals surface area contributed by atoms with Gasteiger partial charge in [-0.2, -0.15) is 4.31 Å². The van der Waals surface area contributed by atoms with Gasteiger partial charge >= 0.3 is 0 Å². The molecule has 0 atom stereocenters. The minimum Gasteiger partial charge on any atom is -0.493 e. The first-order valence-corrected chi connectivity index (χ1v) is 9.27. The van der Waals surface area contributed by atoms with E-state index in [4.69, 9.17) is 9.47 Å². The second-order valence-corrected chi connectivity index (χ2v) is 7.60. The fraction of sp³-hybridized carbons (Fsp3) is 0.278. The van der Waals surface area contributed by atoms with Crippen LogP contribution in [0.1, 0.15) is 15.9 Å². The van der Waals surface area contributed by atoms with Crippen LogP contribution in [0.15, 0.2) is 47.4 Å². The number of carbonyl (C=O) groups excluding carboxylic acids is 1. The highest BCUT2D eigenvalue weighted by molar-refractivity contribution is 7.89. The lowest BCUT2D eigenvalue weighted by molar-refractivity contribution is 0.0963. The van der Waals surface area contributed by atoms with E-state index in [1.54, 1.807) is 37.4 Å². The Morgan fingerprint density at radius 2 is 1.65 bits per heavy atom. The number of rotatable bonds is 7. The second-order valence-electron chi connectivity index (χ2n) is 5.55. The van der Waals surface area contributed by atoms with Gasteiger partial charge in [0.15, 0.2) is 11.5 Å². The predicted octanol–water partition coefficient (Wildman–Crippen LogP) is 1.88. The molecule has 1 N–H and O–H groups in total. The van der Waals surface area contributed by atoms with E-state index in [1.165, 1.54) is 37.7 Å². The molecule has 0 unspecified atom stereocenters. The Labute approximate surface area is 153 Å². The van der Waals surface area contributed by atoms with Crippen molar-refractivity contribution in [1.29, 1.82) is 0 Å². The fourth-order valence-corrected chi connectivity index (χ4v) is 3.58. The van der Waals surface area contributed by atoms with Crippen molar-refractivity contribution in [3.8, 4) is 11.5 Å². The third-order valence-corrected chi connectivity index (χ3v) is 5.71. The normalized spacial score (nSPS) is 11.3. The molecule has 0 bridgehead atoms. The van der Waals surface area contributed by atoms with Crippen LogP contribution in [0, 0.1) is 0 Å². The maximum atomic E-state index is 12.8. The highest BCUT2D eigenvalue weighted by Crippen LogP contribution is 2.30. The van der Waals surface area contributed by atoms with Gasteiger partial charge in [0.25, 0.3) is 5.91 Å². The number of hydrogen-bond acceptors (Lipinski definition) is 5. The lowest BCUT2D eigenvalue weighted by Crippen LogP contribution is -2.26. The molecule has 0 saturated heterocycles. The molecule has 2 rings (SSSR count). The van der Waals surface area contributed by atoms with Crippen molar-refractivity contribution in [2.24, 2.45) is 0 Å². The zero-order chi connectivity index (χ0) is 19.3. The number of hydrogen-bond donors (Lipinski definition) is 1. The Hall–Kier alpha value is -2.58. The number of benzene rings is 2. The maximum Gasteiger partial charge on any atom is 0.251 e.